The van der Waals surface area contributed by atoms with Crippen LogP contribution in [0.4, 0.5) is 5.69 Å². The van der Waals surface area contributed by atoms with Crippen LogP contribution in [-0.2, 0) is 4.79 Å². The minimum absolute atomic E-state index is 0.0618. The molecule has 0 aliphatic rings. The van der Waals surface area contributed by atoms with E-state index in [0.29, 0.717) is 27.9 Å². The molecule has 1 heterocycles. The van der Waals surface area contributed by atoms with Crippen LogP contribution in [0.3, 0.4) is 0 Å². The van der Waals surface area contributed by atoms with Crippen LogP contribution in [-0.4, -0.2) is 23.7 Å². The third kappa shape index (κ3) is 5.20. The van der Waals surface area contributed by atoms with Crippen molar-refractivity contribution >= 4 is 29.4 Å². The Morgan fingerprint density at radius 2 is 2.07 bits per heavy atom. The first-order chi connectivity index (χ1) is 13.9. The van der Waals surface area contributed by atoms with Gasteiger partial charge in [0.2, 0.25) is 0 Å². The number of carbonyl (C=O) groups is 1. The molecule has 0 aliphatic heterocycles. The van der Waals surface area contributed by atoms with Crippen LogP contribution in [0.5, 0.6) is 5.75 Å². The first-order valence-electron chi connectivity index (χ1n) is 8.48. The van der Waals surface area contributed by atoms with E-state index in [4.69, 9.17) is 20.8 Å². The predicted molar refractivity (Wildman–Crippen MR) is 108 cm³/mol. The summed E-state index contributed by atoms with van der Waals surface area (Å²) in [6.45, 7) is 1.60. The van der Waals surface area contributed by atoms with Crippen LogP contribution in [0, 0.1) is 17.0 Å². The van der Waals surface area contributed by atoms with E-state index in [9.17, 15) is 14.9 Å². The van der Waals surface area contributed by atoms with E-state index in [0.717, 1.165) is 5.56 Å². The number of carbonyl (C=O) groups excluding carboxylic acids is 1. The maximum atomic E-state index is 11.8. The van der Waals surface area contributed by atoms with Gasteiger partial charge in [0.25, 0.3) is 11.6 Å². The number of halogens is 1. The van der Waals surface area contributed by atoms with Crippen molar-refractivity contribution in [3.8, 4) is 17.1 Å². The standard InChI is InChI=1S/C20H16ClN3O5/c1-13-10-14(21)6-8-18(13)28-12-20(25)23-22-11-15-7-9-19(29-15)16-4-2-3-5-17(16)24(26)27/h2-11H,12H2,1H3,(H,23,25). The Balaban J connectivity index is 1.57. The van der Waals surface area contributed by atoms with Gasteiger partial charge in [-0.1, -0.05) is 23.7 Å². The Labute approximate surface area is 170 Å². The minimum atomic E-state index is -0.478. The third-order valence-corrected chi connectivity index (χ3v) is 4.10. The molecule has 0 atom stereocenters. The number of para-hydroxylation sites is 1. The number of hydrogen-bond acceptors (Lipinski definition) is 6. The quantitative estimate of drug-likeness (QED) is 0.352. The van der Waals surface area contributed by atoms with E-state index in [1.807, 2.05) is 6.92 Å². The molecule has 3 aromatic rings. The van der Waals surface area contributed by atoms with Gasteiger partial charge in [-0.05, 0) is 48.9 Å². The van der Waals surface area contributed by atoms with Gasteiger partial charge in [-0.15, -0.1) is 0 Å². The topological polar surface area (TPSA) is 107 Å². The molecule has 1 amide bonds. The molecule has 0 saturated heterocycles. The Kier molecular flexibility index (Phi) is 6.25. The van der Waals surface area contributed by atoms with Crippen LogP contribution in [0.25, 0.3) is 11.3 Å². The lowest BCUT2D eigenvalue weighted by atomic mass is 10.1. The zero-order valence-corrected chi connectivity index (χ0v) is 16.1. The molecule has 0 radical (unpaired) electrons. The number of hydrogen-bond donors (Lipinski definition) is 1. The van der Waals surface area contributed by atoms with Crippen molar-refractivity contribution in [3.63, 3.8) is 0 Å². The second-order valence-corrected chi connectivity index (χ2v) is 6.40. The summed E-state index contributed by atoms with van der Waals surface area (Å²) >= 11 is 5.88. The van der Waals surface area contributed by atoms with E-state index in [1.54, 1.807) is 48.5 Å². The molecule has 8 nitrogen and oxygen atoms in total. The predicted octanol–water partition coefficient (Wildman–Crippen LogP) is 4.35. The van der Waals surface area contributed by atoms with Crippen molar-refractivity contribution in [3.05, 3.63) is 81.1 Å². The van der Waals surface area contributed by atoms with E-state index >= 15 is 0 Å². The van der Waals surface area contributed by atoms with Gasteiger partial charge in [-0.2, -0.15) is 5.10 Å². The van der Waals surface area contributed by atoms with Crippen LogP contribution < -0.4 is 10.2 Å². The average Bonchev–Trinajstić information content (AvgIpc) is 3.16. The fourth-order valence-electron chi connectivity index (χ4n) is 2.53. The number of amides is 1. The van der Waals surface area contributed by atoms with Crippen molar-refractivity contribution in [2.24, 2.45) is 5.10 Å². The van der Waals surface area contributed by atoms with E-state index in [2.05, 4.69) is 10.5 Å². The lowest BCUT2D eigenvalue weighted by Crippen LogP contribution is -2.24. The van der Waals surface area contributed by atoms with Crippen molar-refractivity contribution < 1.29 is 18.9 Å². The highest BCUT2D eigenvalue weighted by molar-refractivity contribution is 6.30. The second kappa shape index (κ2) is 9.03. The molecule has 1 aromatic heterocycles. The van der Waals surface area contributed by atoms with E-state index in [-0.39, 0.29) is 12.3 Å². The molecule has 0 aliphatic carbocycles. The van der Waals surface area contributed by atoms with Gasteiger partial charge in [-0.3, -0.25) is 14.9 Å². The number of rotatable bonds is 7. The number of furan rings is 1. The smallest absolute Gasteiger partial charge is 0.280 e. The summed E-state index contributed by atoms with van der Waals surface area (Å²) in [4.78, 5) is 22.5. The number of nitrogens with one attached hydrogen (secondary N) is 1. The van der Waals surface area contributed by atoms with Crippen molar-refractivity contribution in [2.75, 3.05) is 6.61 Å². The average molecular weight is 414 g/mol. The zero-order valence-electron chi connectivity index (χ0n) is 15.3. The second-order valence-electron chi connectivity index (χ2n) is 5.97. The van der Waals surface area contributed by atoms with Gasteiger partial charge in [-0.25, -0.2) is 5.43 Å². The first kappa shape index (κ1) is 20.1. The molecule has 3 rings (SSSR count). The molecule has 0 unspecified atom stereocenters. The first-order valence-corrected chi connectivity index (χ1v) is 8.86. The highest BCUT2D eigenvalue weighted by Gasteiger charge is 2.16. The summed E-state index contributed by atoms with van der Waals surface area (Å²) in [5.74, 6) is 0.745. The Bertz CT molecular complexity index is 1080. The fraction of sp³-hybridized carbons (Fsp3) is 0.100. The molecule has 2 aromatic carbocycles. The van der Waals surface area contributed by atoms with Crippen LogP contribution in [0.2, 0.25) is 5.02 Å². The summed E-state index contributed by atoms with van der Waals surface area (Å²) in [7, 11) is 0. The number of ether oxygens (including phenoxy) is 1. The maximum absolute atomic E-state index is 11.8. The van der Waals surface area contributed by atoms with Crippen LogP contribution in [0.15, 0.2) is 64.1 Å². The van der Waals surface area contributed by atoms with Crippen LogP contribution in [0.1, 0.15) is 11.3 Å². The number of nitrogens with zero attached hydrogens (tertiary/aromatic N) is 2. The monoisotopic (exact) mass is 413 g/mol. The SMILES string of the molecule is Cc1cc(Cl)ccc1OCC(=O)NN=Cc1ccc(-c2ccccc2[N+](=O)[O-])o1. The molecular weight excluding hydrogens is 398 g/mol. The lowest BCUT2D eigenvalue weighted by Gasteiger charge is -2.08. The summed E-state index contributed by atoms with van der Waals surface area (Å²) in [6.07, 6.45) is 1.30. The fourth-order valence-corrected chi connectivity index (χ4v) is 2.75. The molecule has 0 spiro atoms. The number of benzene rings is 2. The lowest BCUT2D eigenvalue weighted by molar-refractivity contribution is -0.384. The summed E-state index contributed by atoms with van der Waals surface area (Å²) in [6, 6.07) is 14.5. The Morgan fingerprint density at radius 1 is 1.28 bits per heavy atom. The van der Waals surface area contributed by atoms with Gasteiger partial charge in [0, 0.05) is 11.1 Å². The summed E-state index contributed by atoms with van der Waals surface area (Å²) in [5, 5.41) is 15.5. The minimum Gasteiger partial charge on any atom is -0.483 e. The van der Waals surface area contributed by atoms with Gasteiger partial charge in [0.1, 0.15) is 17.3 Å². The molecule has 148 valence electrons. The number of hydrazone groups is 1. The summed E-state index contributed by atoms with van der Waals surface area (Å²) in [5.41, 5.74) is 3.43. The molecule has 29 heavy (non-hydrogen) atoms. The molecule has 1 N–H and O–H groups in total. The largest absolute Gasteiger partial charge is 0.483 e. The van der Waals surface area contributed by atoms with Crippen LogP contribution >= 0.6 is 11.6 Å². The van der Waals surface area contributed by atoms with E-state index < -0.39 is 10.8 Å². The van der Waals surface area contributed by atoms with Crippen molar-refractivity contribution in [1.29, 1.82) is 0 Å². The number of nitro groups is 1. The molecule has 0 fully saturated rings. The van der Waals surface area contributed by atoms with E-state index in [1.165, 1.54) is 12.3 Å². The molecular formula is C20H16ClN3O5. The third-order valence-electron chi connectivity index (χ3n) is 3.87. The molecule has 0 bridgehead atoms. The summed E-state index contributed by atoms with van der Waals surface area (Å²) < 4.78 is 11.0. The number of aryl methyl sites for hydroxylation is 1. The maximum Gasteiger partial charge on any atom is 0.280 e. The van der Waals surface area contributed by atoms with Gasteiger partial charge < -0.3 is 9.15 Å². The zero-order chi connectivity index (χ0) is 20.8. The Hall–Kier alpha value is -3.65. The molecule has 0 saturated carbocycles. The highest BCUT2D eigenvalue weighted by atomic mass is 35.5. The molecule has 9 heteroatoms. The number of nitro benzene ring substituents is 1. The van der Waals surface area contributed by atoms with Crippen molar-refractivity contribution in [2.45, 2.75) is 6.92 Å². The van der Waals surface area contributed by atoms with Gasteiger partial charge >= 0.3 is 0 Å². The van der Waals surface area contributed by atoms with Gasteiger partial charge in [0.05, 0.1) is 16.7 Å². The normalized spacial score (nSPS) is 10.8. The highest BCUT2D eigenvalue weighted by Crippen LogP contribution is 2.30. The van der Waals surface area contributed by atoms with Gasteiger partial charge in [0.15, 0.2) is 6.61 Å². The van der Waals surface area contributed by atoms with Crippen molar-refractivity contribution in [1.82, 2.24) is 5.43 Å². The Morgan fingerprint density at radius 3 is 2.83 bits per heavy atom.